The quantitative estimate of drug-likeness (QED) is 0.288. The van der Waals surface area contributed by atoms with Crippen molar-refractivity contribution in [2.75, 3.05) is 36.5 Å². The van der Waals surface area contributed by atoms with E-state index in [0.29, 0.717) is 50.2 Å². The lowest BCUT2D eigenvalue weighted by molar-refractivity contribution is -0.121. The number of hydrogen-bond acceptors (Lipinski definition) is 7. The highest BCUT2D eigenvalue weighted by Crippen LogP contribution is 2.25. The van der Waals surface area contributed by atoms with Crippen molar-refractivity contribution in [3.8, 4) is 11.7 Å². The highest BCUT2D eigenvalue weighted by Gasteiger charge is 2.32. The molecule has 1 aliphatic rings. The maximum atomic E-state index is 13.2. The number of nitrogens with one attached hydrogen (secondary N) is 2. The highest BCUT2D eigenvalue weighted by molar-refractivity contribution is 6.29. The minimum atomic E-state index is -0.354. The monoisotopic (exact) mass is 574 g/mol. The first kappa shape index (κ1) is 27.9. The maximum absolute atomic E-state index is 13.2. The van der Waals surface area contributed by atoms with E-state index in [-0.39, 0.29) is 29.6 Å². The van der Waals surface area contributed by atoms with Gasteiger partial charge in [0.25, 0.3) is 0 Å². The van der Waals surface area contributed by atoms with Crippen molar-refractivity contribution in [1.82, 2.24) is 29.7 Å². The number of ether oxygens (including phenoxy) is 1. The predicted octanol–water partition coefficient (Wildman–Crippen LogP) is 4.14. The van der Waals surface area contributed by atoms with Gasteiger partial charge in [-0.3, -0.25) is 9.36 Å². The Labute approximate surface area is 243 Å². The third-order valence-corrected chi connectivity index (χ3v) is 6.83. The standard InChI is InChI=1S/C29H31ClN8O3/c1-2-41-24-10-8-21(9-11-24)18-32-27(39)16-23-19-36(29(40)33-22-6-4-3-5-7-22)14-15-38(23)26-17-25(30)34-28(35-26)37-13-12-31-20-37/h3-13,17,20,23H,2,14-16,18-19H2,1H3,(H,32,39)(H,33,40). The zero-order chi connectivity index (χ0) is 28.6. The van der Waals surface area contributed by atoms with Gasteiger partial charge in [-0.1, -0.05) is 41.9 Å². The third-order valence-electron chi connectivity index (χ3n) is 6.64. The van der Waals surface area contributed by atoms with Crippen LogP contribution in [0.2, 0.25) is 5.15 Å². The van der Waals surface area contributed by atoms with E-state index in [1.54, 1.807) is 34.3 Å². The summed E-state index contributed by atoms with van der Waals surface area (Å²) in [4.78, 5) is 43.1. The first-order valence-electron chi connectivity index (χ1n) is 13.4. The highest BCUT2D eigenvalue weighted by atomic mass is 35.5. The Morgan fingerprint density at radius 2 is 1.88 bits per heavy atom. The molecule has 0 saturated carbocycles. The van der Waals surface area contributed by atoms with Gasteiger partial charge < -0.3 is 25.2 Å². The van der Waals surface area contributed by atoms with Crippen LogP contribution < -0.4 is 20.3 Å². The van der Waals surface area contributed by atoms with Crippen molar-refractivity contribution >= 4 is 35.0 Å². The molecule has 3 heterocycles. The number of aromatic nitrogens is 4. The average molecular weight is 575 g/mol. The Balaban J connectivity index is 1.32. The molecule has 0 aliphatic carbocycles. The Morgan fingerprint density at radius 1 is 1.07 bits per heavy atom. The molecule has 212 valence electrons. The van der Waals surface area contributed by atoms with Crippen LogP contribution in [-0.2, 0) is 11.3 Å². The molecule has 3 amide bonds. The van der Waals surface area contributed by atoms with E-state index in [1.807, 2.05) is 66.4 Å². The van der Waals surface area contributed by atoms with Crippen molar-refractivity contribution in [2.45, 2.75) is 25.9 Å². The first-order valence-corrected chi connectivity index (χ1v) is 13.7. The van der Waals surface area contributed by atoms with Crippen molar-refractivity contribution in [3.63, 3.8) is 0 Å². The lowest BCUT2D eigenvalue weighted by atomic mass is 10.1. The van der Waals surface area contributed by atoms with Crippen LogP contribution in [0.5, 0.6) is 5.75 Å². The molecule has 1 fully saturated rings. The summed E-state index contributed by atoms with van der Waals surface area (Å²) in [5.41, 5.74) is 1.66. The van der Waals surface area contributed by atoms with E-state index >= 15 is 0 Å². The maximum Gasteiger partial charge on any atom is 0.321 e. The summed E-state index contributed by atoms with van der Waals surface area (Å²) in [6.45, 7) is 4.11. The summed E-state index contributed by atoms with van der Waals surface area (Å²) >= 11 is 6.38. The SMILES string of the molecule is CCOc1ccc(CNC(=O)CC2CN(C(=O)Nc3ccccc3)CCN2c2cc(Cl)nc(-n3ccnc3)n2)cc1. The fourth-order valence-electron chi connectivity index (χ4n) is 4.63. The Kier molecular flexibility index (Phi) is 8.95. The van der Waals surface area contributed by atoms with Crippen LogP contribution in [0.3, 0.4) is 0 Å². The molecular formula is C29H31ClN8O3. The molecule has 0 bridgehead atoms. The van der Waals surface area contributed by atoms with E-state index in [2.05, 4.69) is 20.6 Å². The summed E-state index contributed by atoms with van der Waals surface area (Å²) < 4.78 is 7.16. The number of piperazine rings is 1. The molecule has 0 radical (unpaired) electrons. The van der Waals surface area contributed by atoms with Crippen LogP contribution in [0, 0.1) is 0 Å². The lowest BCUT2D eigenvalue weighted by Gasteiger charge is -2.42. The summed E-state index contributed by atoms with van der Waals surface area (Å²) in [6.07, 6.45) is 5.10. The third kappa shape index (κ3) is 7.31. The molecule has 4 aromatic rings. The van der Waals surface area contributed by atoms with Gasteiger partial charge in [-0.15, -0.1) is 0 Å². The zero-order valence-electron chi connectivity index (χ0n) is 22.6. The van der Waals surface area contributed by atoms with Crippen molar-refractivity contribution in [1.29, 1.82) is 0 Å². The number of benzene rings is 2. The van der Waals surface area contributed by atoms with E-state index < -0.39 is 0 Å². The second-order valence-corrected chi connectivity index (χ2v) is 9.85. The Hall–Kier alpha value is -4.64. The first-order chi connectivity index (χ1) is 20.0. The average Bonchev–Trinajstić information content (AvgIpc) is 3.53. The Bertz CT molecular complexity index is 1450. The van der Waals surface area contributed by atoms with Crippen molar-refractivity contribution < 1.29 is 14.3 Å². The normalized spacial score (nSPS) is 14.9. The number of carbonyl (C=O) groups is 2. The number of imidazole rings is 1. The van der Waals surface area contributed by atoms with Gasteiger partial charge in [0.05, 0.1) is 12.6 Å². The van der Waals surface area contributed by atoms with Gasteiger partial charge in [0.1, 0.15) is 23.0 Å². The van der Waals surface area contributed by atoms with Gasteiger partial charge in [0, 0.05) is 56.7 Å². The molecule has 2 aromatic heterocycles. The number of amides is 3. The van der Waals surface area contributed by atoms with Gasteiger partial charge >= 0.3 is 6.03 Å². The van der Waals surface area contributed by atoms with Gasteiger partial charge in [-0.2, -0.15) is 4.98 Å². The topological polar surface area (TPSA) is 118 Å². The molecule has 1 saturated heterocycles. The van der Waals surface area contributed by atoms with Crippen LogP contribution >= 0.6 is 11.6 Å². The number of urea groups is 1. The zero-order valence-corrected chi connectivity index (χ0v) is 23.4. The fraction of sp³-hybridized carbons (Fsp3) is 0.276. The summed E-state index contributed by atoms with van der Waals surface area (Å²) in [5, 5.41) is 6.21. The molecular weight excluding hydrogens is 544 g/mol. The second-order valence-electron chi connectivity index (χ2n) is 9.47. The summed E-state index contributed by atoms with van der Waals surface area (Å²) in [5.74, 6) is 1.58. The minimum Gasteiger partial charge on any atom is -0.494 e. The van der Waals surface area contributed by atoms with Crippen LogP contribution in [0.4, 0.5) is 16.3 Å². The van der Waals surface area contributed by atoms with Crippen LogP contribution in [0.15, 0.2) is 79.4 Å². The van der Waals surface area contributed by atoms with E-state index in [1.165, 1.54) is 0 Å². The summed E-state index contributed by atoms with van der Waals surface area (Å²) in [7, 11) is 0. The van der Waals surface area contributed by atoms with Gasteiger partial charge in [-0.05, 0) is 36.8 Å². The van der Waals surface area contributed by atoms with E-state index in [4.69, 9.17) is 21.3 Å². The largest absolute Gasteiger partial charge is 0.494 e. The van der Waals surface area contributed by atoms with E-state index in [9.17, 15) is 9.59 Å². The minimum absolute atomic E-state index is 0.144. The molecule has 2 aromatic carbocycles. The molecule has 1 unspecified atom stereocenters. The number of anilines is 2. The lowest BCUT2D eigenvalue weighted by Crippen LogP contribution is -2.57. The molecule has 1 aliphatic heterocycles. The fourth-order valence-corrected chi connectivity index (χ4v) is 4.80. The molecule has 0 spiro atoms. The number of halogens is 1. The van der Waals surface area contributed by atoms with Crippen molar-refractivity contribution in [3.05, 3.63) is 90.1 Å². The Morgan fingerprint density at radius 3 is 2.61 bits per heavy atom. The number of carbonyl (C=O) groups excluding carboxylic acids is 2. The second kappa shape index (κ2) is 13.1. The van der Waals surface area contributed by atoms with Crippen LogP contribution in [-0.4, -0.2) is 68.6 Å². The van der Waals surface area contributed by atoms with E-state index in [0.717, 1.165) is 11.3 Å². The molecule has 1 atom stereocenters. The van der Waals surface area contributed by atoms with Gasteiger partial charge in [0.15, 0.2) is 0 Å². The number of hydrogen-bond donors (Lipinski definition) is 2. The number of rotatable bonds is 9. The number of nitrogens with zero attached hydrogens (tertiary/aromatic N) is 6. The van der Waals surface area contributed by atoms with Gasteiger partial charge in [0.2, 0.25) is 11.9 Å². The van der Waals surface area contributed by atoms with Crippen LogP contribution in [0.1, 0.15) is 18.9 Å². The molecule has 2 N–H and O–H groups in total. The van der Waals surface area contributed by atoms with Crippen molar-refractivity contribution in [2.24, 2.45) is 0 Å². The van der Waals surface area contributed by atoms with Gasteiger partial charge in [-0.25, -0.2) is 14.8 Å². The molecule has 5 rings (SSSR count). The molecule has 12 heteroatoms. The summed E-state index contributed by atoms with van der Waals surface area (Å²) in [6, 6.07) is 18.0. The van der Waals surface area contributed by atoms with Crippen LogP contribution in [0.25, 0.3) is 5.95 Å². The molecule has 11 nitrogen and oxygen atoms in total. The molecule has 41 heavy (non-hydrogen) atoms. The smallest absolute Gasteiger partial charge is 0.321 e. The predicted molar refractivity (Wildman–Crippen MR) is 156 cm³/mol. The number of para-hydroxylation sites is 1.